The van der Waals surface area contributed by atoms with Crippen LogP contribution in [0, 0.1) is 0 Å². The lowest BCUT2D eigenvalue weighted by atomic mass is 10.1. The molecule has 21 heavy (non-hydrogen) atoms. The van der Waals surface area contributed by atoms with E-state index in [9.17, 15) is 0 Å². The van der Waals surface area contributed by atoms with Gasteiger partial charge in [0.25, 0.3) is 0 Å². The molecule has 0 amide bonds. The van der Waals surface area contributed by atoms with Crippen LogP contribution in [0.2, 0.25) is 5.15 Å². The number of anilines is 1. The second kappa shape index (κ2) is 6.24. The van der Waals surface area contributed by atoms with Gasteiger partial charge in [-0.1, -0.05) is 41.9 Å². The molecule has 1 aromatic carbocycles. The molecule has 2 aromatic rings. The van der Waals surface area contributed by atoms with Gasteiger partial charge in [0.15, 0.2) is 5.82 Å². The summed E-state index contributed by atoms with van der Waals surface area (Å²) < 4.78 is 0.296. The Bertz CT molecular complexity index is 612. The number of benzene rings is 1. The summed E-state index contributed by atoms with van der Waals surface area (Å²) in [4.78, 5) is 8.89. The fourth-order valence-electron chi connectivity index (χ4n) is 2.48. The van der Waals surface area contributed by atoms with E-state index in [-0.39, 0.29) is 0 Å². The van der Waals surface area contributed by atoms with E-state index in [1.807, 2.05) is 42.1 Å². The topological polar surface area (TPSA) is 37.8 Å². The average Bonchev–Trinajstić information content (AvgIpc) is 2.93. The molecule has 1 N–H and O–H groups in total. The van der Waals surface area contributed by atoms with E-state index in [0.717, 1.165) is 17.9 Å². The van der Waals surface area contributed by atoms with Gasteiger partial charge in [0.05, 0.1) is 0 Å². The van der Waals surface area contributed by atoms with Gasteiger partial charge in [-0.25, -0.2) is 9.97 Å². The third kappa shape index (κ3) is 3.69. The van der Waals surface area contributed by atoms with Gasteiger partial charge in [0.1, 0.15) is 11.0 Å². The Morgan fingerprint density at radius 3 is 2.81 bits per heavy atom. The van der Waals surface area contributed by atoms with Crippen LogP contribution in [-0.2, 0) is 0 Å². The van der Waals surface area contributed by atoms with Crippen LogP contribution in [0.5, 0.6) is 0 Å². The molecule has 0 radical (unpaired) electrons. The van der Waals surface area contributed by atoms with Crippen LogP contribution in [0.3, 0.4) is 0 Å². The first-order valence-corrected chi connectivity index (χ1v) is 8.49. The molecule has 3 rings (SSSR count). The smallest absolute Gasteiger partial charge is 0.163 e. The second-order valence-electron chi connectivity index (χ2n) is 5.52. The number of thioether (sulfide) groups is 1. The summed E-state index contributed by atoms with van der Waals surface area (Å²) in [5.41, 5.74) is 0.976. The number of hydrogen-bond acceptors (Lipinski definition) is 4. The number of rotatable bonds is 4. The number of aromatic nitrogens is 2. The lowest BCUT2D eigenvalue weighted by Gasteiger charge is -2.23. The Hall–Kier alpha value is -1.26. The highest BCUT2D eigenvalue weighted by molar-refractivity contribution is 8.00. The molecular weight excluding hydrogens is 302 g/mol. The fraction of sp³-hybridized carbons (Fsp3) is 0.375. The van der Waals surface area contributed by atoms with Crippen LogP contribution in [0.15, 0.2) is 36.4 Å². The van der Waals surface area contributed by atoms with Crippen molar-refractivity contribution in [1.29, 1.82) is 0 Å². The highest BCUT2D eigenvalue weighted by atomic mass is 35.5. The third-order valence-corrected chi connectivity index (χ3v) is 5.40. The lowest BCUT2D eigenvalue weighted by Crippen LogP contribution is -2.27. The molecule has 1 atom stereocenters. The second-order valence-corrected chi connectivity index (χ2v) is 7.59. The largest absolute Gasteiger partial charge is 0.369 e. The zero-order valence-corrected chi connectivity index (χ0v) is 13.5. The van der Waals surface area contributed by atoms with Gasteiger partial charge in [-0.3, -0.25) is 0 Å². The molecule has 0 spiro atoms. The van der Waals surface area contributed by atoms with Gasteiger partial charge >= 0.3 is 0 Å². The fourth-order valence-corrected chi connectivity index (χ4v) is 3.91. The zero-order chi connectivity index (χ0) is 14.7. The van der Waals surface area contributed by atoms with Crippen molar-refractivity contribution in [1.82, 2.24) is 9.97 Å². The molecule has 110 valence electrons. The van der Waals surface area contributed by atoms with E-state index in [2.05, 4.69) is 22.2 Å². The van der Waals surface area contributed by atoms with Gasteiger partial charge in [-0.05, 0) is 25.5 Å². The van der Waals surface area contributed by atoms with Crippen LogP contribution >= 0.6 is 23.4 Å². The minimum absolute atomic E-state index is 0.296. The zero-order valence-electron chi connectivity index (χ0n) is 12.0. The van der Waals surface area contributed by atoms with Crippen molar-refractivity contribution in [3.05, 3.63) is 41.6 Å². The van der Waals surface area contributed by atoms with Crippen LogP contribution in [0.1, 0.15) is 19.8 Å². The summed E-state index contributed by atoms with van der Waals surface area (Å²) in [5, 5.41) is 3.89. The van der Waals surface area contributed by atoms with Crippen molar-refractivity contribution in [3.8, 4) is 11.4 Å². The van der Waals surface area contributed by atoms with E-state index in [0.29, 0.717) is 15.7 Å². The molecule has 0 bridgehead atoms. The molecule has 2 heterocycles. The predicted molar refractivity (Wildman–Crippen MR) is 91.1 cm³/mol. The maximum Gasteiger partial charge on any atom is 0.163 e. The molecule has 1 unspecified atom stereocenters. The van der Waals surface area contributed by atoms with E-state index in [1.54, 1.807) is 6.07 Å². The Morgan fingerprint density at radius 2 is 2.10 bits per heavy atom. The number of halogens is 1. The highest BCUT2D eigenvalue weighted by Gasteiger charge is 2.29. The van der Waals surface area contributed by atoms with E-state index in [4.69, 9.17) is 11.6 Å². The van der Waals surface area contributed by atoms with Crippen LogP contribution < -0.4 is 5.32 Å². The van der Waals surface area contributed by atoms with Crippen molar-refractivity contribution in [2.75, 3.05) is 17.6 Å². The monoisotopic (exact) mass is 319 g/mol. The molecule has 0 saturated carbocycles. The first-order valence-electron chi connectivity index (χ1n) is 7.12. The quantitative estimate of drug-likeness (QED) is 0.842. The van der Waals surface area contributed by atoms with E-state index >= 15 is 0 Å². The first kappa shape index (κ1) is 14.7. The van der Waals surface area contributed by atoms with Crippen molar-refractivity contribution < 1.29 is 0 Å². The Kier molecular flexibility index (Phi) is 4.36. The van der Waals surface area contributed by atoms with Crippen LogP contribution in [0.25, 0.3) is 11.4 Å². The van der Waals surface area contributed by atoms with Crippen LogP contribution in [0.4, 0.5) is 5.82 Å². The van der Waals surface area contributed by atoms with Crippen molar-refractivity contribution in [2.24, 2.45) is 0 Å². The highest BCUT2D eigenvalue weighted by Crippen LogP contribution is 2.37. The molecule has 1 aromatic heterocycles. The average molecular weight is 320 g/mol. The number of hydrogen-bond donors (Lipinski definition) is 1. The van der Waals surface area contributed by atoms with Gasteiger partial charge < -0.3 is 5.32 Å². The summed E-state index contributed by atoms with van der Waals surface area (Å²) >= 11 is 8.16. The van der Waals surface area contributed by atoms with Gasteiger partial charge in [0.2, 0.25) is 0 Å². The minimum atomic E-state index is 0.296. The molecule has 5 heteroatoms. The molecule has 1 fully saturated rings. The van der Waals surface area contributed by atoms with Crippen molar-refractivity contribution >= 4 is 29.2 Å². The first-order chi connectivity index (χ1) is 10.1. The summed E-state index contributed by atoms with van der Waals surface area (Å²) in [7, 11) is 0. The summed E-state index contributed by atoms with van der Waals surface area (Å²) in [6.07, 6.45) is 2.54. The van der Waals surface area contributed by atoms with Crippen molar-refractivity contribution in [2.45, 2.75) is 24.5 Å². The molecule has 1 aliphatic heterocycles. The summed E-state index contributed by atoms with van der Waals surface area (Å²) in [6.45, 7) is 3.21. The summed E-state index contributed by atoms with van der Waals surface area (Å²) in [5.74, 6) is 2.70. The molecule has 3 nitrogen and oxygen atoms in total. The van der Waals surface area contributed by atoms with E-state index < -0.39 is 0 Å². The van der Waals surface area contributed by atoms with Gasteiger partial charge in [-0.15, -0.1) is 0 Å². The number of nitrogens with zero attached hydrogens (tertiary/aromatic N) is 2. The Balaban J connectivity index is 1.78. The standard InChI is InChI=1S/C16H18ClN3S/c1-16(8-5-9-21-16)11-18-14-10-13(17)19-15(20-14)12-6-3-2-4-7-12/h2-4,6-7,10H,5,8-9,11H2,1H3,(H,18,19,20). The minimum Gasteiger partial charge on any atom is -0.369 e. The third-order valence-electron chi connectivity index (χ3n) is 3.67. The molecule has 1 saturated heterocycles. The normalized spacial score (nSPS) is 21.4. The number of nitrogens with one attached hydrogen (secondary N) is 1. The maximum absolute atomic E-state index is 6.13. The Labute approximate surface area is 134 Å². The van der Waals surface area contributed by atoms with Gasteiger partial charge in [0, 0.05) is 22.9 Å². The molecule has 0 aliphatic carbocycles. The maximum atomic E-state index is 6.13. The van der Waals surface area contributed by atoms with Crippen molar-refractivity contribution in [3.63, 3.8) is 0 Å². The Morgan fingerprint density at radius 1 is 1.29 bits per heavy atom. The van der Waals surface area contributed by atoms with Gasteiger partial charge in [-0.2, -0.15) is 11.8 Å². The lowest BCUT2D eigenvalue weighted by molar-refractivity contribution is 0.633. The molecular formula is C16H18ClN3S. The predicted octanol–water partition coefficient (Wildman–Crippen LogP) is 4.49. The SMILES string of the molecule is CC1(CNc2cc(Cl)nc(-c3ccccc3)n2)CCCS1. The molecule has 1 aliphatic rings. The van der Waals surface area contributed by atoms with Crippen LogP contribution in [-0.4, -0.2) is 27.0 Å². The van der Waals surface area contributed by atoms with E-state index in [1.165, 1.54) is 18.6 Å². The summed E-state index contributed by atoms with van der Waals surface area (Å²) in [6, 6.07) is 11.7.